The molecule has 0 aliphatic heterocycles. The fourth-order valence-electron chi connectivity index (χ4n) is 1.51. The number of benzene rings is 1. The molecule has 0 unspecified atom stereocenters. The number of rotatable bonds is 3. The average Bonchev–Trinajstić information content (AvgIpc) is 2.86. The second kappa shape index (κ2) is 6.10. The summed E-state index contributed by atoms with van der Waals surface area (Å²) < 4.78 is 6.34. The summed E-state index contributed by atoms with van der Waals surface area (Å²) in [5.41, 5.74) is 6.37. The van der Waals surface area contributed by atoms with Gasteiger partial charge in [0.2, 0.25) is 0 Å². The normalized spacial score (nSPS) is 11.4. The van der Waals surface area contributed by atoms with Gasteiger partial charge in [-0.2, -0.15) is 0 Å². The highest BCUT2D eigenvalue weighted by Crippen LogP contribution is 2.22. The number of nitrogens with two attached hydrogens (primary N) is 1. The minimum atomic E-state index is -0.440. The third-order valence-corrected chi connectivity index (χ3v) is 3.33. The lowest BCUT2D eigenvalue weighted by atomic mass is 10.1. The number of halogens is 2. The third-order valence-electron chi connectivity index (χ3n) is 2.41. The molecule has 0 spiro atoms. The van der Waals surface area contributed by atoms with E-state index in [1.54, 1.807) is 24.3 Å². The van der Waals surface area contributed by atoms with Crippen molar-refractivity contribution in [2.75, 3.05) is 5.32 Å². The van der Waals surface area contributed by atoms with Gasteiger partial charge < -0.3 is 20.7 Å². The smallest absolute Gasteiger partial charge is 0.291 e. The van der Waals surface area contributed by atoms with Crippen molar-refractivity contribution in [2.45, 2.75) is 0 Å². The van der Waals surface area contributed by atoms with Crippen LogP contribution in [0.1, 0.15) is 16.1 Å². The molecule has 2 rings (SSSR count). The predicted octanol–water partition coefficient (Wildman–Crippen LogP) is 3.15. The SMILES string of the molecule is N/C(=N/O)c1cc(Br)ccc1NC(=O)c1ccc(Br)o1. The van der Waals surface area contributed by atoms with E-state index in [2.05, 4.69) is 42.3 Å². The van der Waals surface area contributed by atoms with E-state index in [1.165, 1.54) is 6.07 Å². The molecule has 0 aliphatic rings. The topological polar surface area (TPSA) is 101 Å². The molecular weight excluding hydrogens is 394 g/mol. The summed E-state index contributed by atoms with van der Waals surface area (Å²) in [5, 5.41) is 14.3. The summed E-state index contributed by atoms with van der Waals surface area (Å²) in [6.45, 7) is 0. The van der Waals surface area contributed by atoms with Crippen molar-refractivity contribution in [3.05, 3.63) is 50.8 Å². The van der Waals surface area contributed by atoms with E-state index in [-0.39, 0.29) is 11.6 Å². The monoisotopic (exact) mass is 401 g/mol. The first-order valence-electron chi connectivity index (χ1n) is 5.35. The van der Waals surface area contributed by atoms with Gasteiger partial charge in [-0.15, -0.1) is 0 Å². The highest BCUT2D eigenvalue weighted by Gasteiger charge is 2.14. The maximum absolute atomic E-state index is 12.0. The van der Waals surface area contributed by atoms with Crippen LogP contribution in [-0.4, -0.2) is 17.0 Å². The Kier molecular flexibility index (Phi) is 4.46. The summed E-state index contributed by atoms with van der Waals surface area (Å²) in [6, 6.07) is 8.13. The van der Waals surface area contributed by atoms with Crippen LogP contribution in [0.15, 0.2) is 49.0 Å². The molecule has 20 heavy (non-hydrogen) atoms. The highest BCUT2D eigenvalue weighted by atomic mass is 79.9. The van der Waals surface area contributed by atoms with Gasteiger partial charge in [-0.1, -0.05) is 21.1 Å². The first kappa shape index (κ1) is 14.6. The molecule has 0 radical (unpaired) electrons. The number of hydrogen-bond acceptors (Lipinski definition) is 4. The molecule has 0 bridgehead atoms. The first-order chi connectivity index (χ1) is 9.51. The lowest BCUT2D eigenvalue weighted by molar-refractivity contribution is 0.0995. The van der Waals surface area contributed by atoms with Gasteiger partial charge >= 0.3 is 0 Å². The van der Waals surface area contributed by atoms with Crippen molar-refractivity contribution < 1.29 is 14.4 Å². The van der Waals surface area contributed by atoms with Crippen LogP contribution >= 0.6 is 31.9 Å². The van der Waals surface area contributed by atoms with Gasteiger partial charge in [-0.25, -0.2) is 0 Å². The molecule has 1 amide bonds. The Balaban J connectivity index is 2.32. The number of furan rings is 1. The van der Waals surface area contributed by atoms with Gasteiger partial charge in [0, 0.05) is 10.0 Å². The van der Waals surface area contributed by atoms with Gasteiger partial charge in [0.05, 0.1) is 5.69 Å². The van der Waals surface area contributed by atoms with Gasteiger partial charge in [0.15, 0.2) is 16.3 Å². The predicted molar refractivity (Wildman–Crippen MR) is 81.0 cm³/mol. The quantitative estimate of drug-likeness (QED) is 0.317. The van der Waals surface area contributed by atoms with E-state index in [0.717, 1.165) is 4.47 Å². The van der Waals surface area contributed by atoms with Crippen molar-refractivity contribution in [1.82, 2.24) is 0 Å². The Bertz CT molecular complexity index is 682. The Morgan fingerprint density at radius 3 is 2.65 bits per heavy atom. The largest absolute Gasteiger partial charge is 0.444 e. The van der Waals surface area contributed by atoms with Crippen molar-refractivity contribution in [1.29, 1.82) is 0 Å². The molecule has 1 aromatic heterocycles. The Morgan fingerprint density at radius 2 is 2.05 bits per heavy atom. The molecule has 0 aliphatic carbocycles. The van der Waals surface area contributed by atoms with Crippen LogP contribution in [0, 0.1) is 0 Å². The molecule has 0 saturated carbocycles. The average molecular weight is 403 g/mol. The number of nitrogens with one attached hydrogen (secondary N) is 1. The Morgan fingerprint density at radius 1 is 1.30 bits per heavy atom. The van der Waals surface area contributed by atoms with E-state index in [0.29, 0.717) is 15.9 Å². The van der Waals surface area contributed by atoms with Crippen molar-refractivity contribution in [3.8, 4) is 0 Å². The molecule has 6 nitrogen and oxygen atoms in total. The molecule has 104 valence electrons. The number of anilines is 1. The number of carbonyl (C=O) groups is 1. The van der Waals surface area contributed by atoms with Crippen molar-refractivity contribution in [2.24, 2.45) is 10.9 Å². The van der Waals surface area contributed by atoms with Crippen LogP contribution in [-0.2, 0) is 0 Å². The van der Waals surface area contributed by atoms with E-state index in [9.17, 15) is 4.79 Å². The number of amidine groups is 1. The van der Waals surface area contributed by atoms with Gasteiger partial charge in [-0.3, -0.25) is 4.79 Å². The van der Waals surface area contributed by atoms with E-state index >= 15 is 0 Å². The minimum Gasteiger partial charge on any atom is -0.444 e. The molecule has 1 heterocycles. The third kappa shape index (κ3) is 3.20. The zero-order valence-electron chi connectivity index (χ0n) is 9.93. The number of nitrogens with zero attached hydrogens (tertiary/aromatic N) is 1. The summed E-state index contributed by atoms with van der Waals surface area (Å²) >= 11 is 6.40. The maximum Gasteiger partial charge on any atom is 0.291 e. The summed E-state index contributed by atoms with van der Waals surface area (Å²) in [5.74, 6) is -0.405. The molecule has 2 aromatic rings. The number of amides is 1. The van der Waals surface area contributed by atoms with Crippen molar-refractivity contribution >= 4 is 49.3 Å². The molecule has 0 saturated heterocycles. The fourth-order valence-corrected chi connectivity index (χ4v) is 2.18. The second-order valence-electron chi connectivity index (χ2n) is 3.73. The Hall–Kier alpha value is -1.80. The summed E-state index contributed by atoms with van der Waals surface area (Å²) in [7, 11) is 0. The lowest BCUT2D eigenvalue weighted by Gasteiger charge is -2.09. The van der Waals surface area contributed by atoms with Crippen LogP contribution in [0.25, 0.3) is 0 Å². The summed E-state index contributed by atoms with van der Waals surface area (Å²) in [6.07, 6.45) is 0. The van der Waals surface area contributed by atoms with E-state index in [4.69, 9.17) is 15.4 Å². The molecule has 0 atom stereocenters. The van der Waals surface area contributed by atoms with Gasteiger partial charge in [0.1, 0.15) is 0 Å². The van der Waals surface area contributed by atoms with Gasteiger partial charge in [-0.05, 0) is 46.3 Å². The number of hydrogen-bond donors (Lipinski definition) is 3. The Labute approximate surface area is 130 Å². The number of carbonyl (C=O) groups excluding carboxylic acids is 1. The molecular formula is C12H9Br2N3O3. The van der Waals surface area contributed by atoms with Crippen LogP contribution in [0.5, 0.6) is 0 Å². The second-order valence-corrected chi connectivity index (χ2v) is 5.43. The molecule has 8 heteroatoms. The van der Waals surface area contributed by atoms with E-state index in [1.807, 2.05) is 0 Å². The van der Waals surface area contributed by atoms with Crippen LogP contribution in [0.3, 0.4) is 0 Å². The standard InChI is InChI=1S/C12H9Br2N3O3/c13-6-1-2-8(7(5-6)11(15)17-19)16-12(18)9-3-4-10(14)20-9/h1-5,19H,(H2,15,17)(H,16,18). The lowest BCUT2D eigenvalue weighted by Crippen LogP contribution is -2.19. The fraction of sp³-hybridized carbons (Fsp3) is 0. The maximum atomic E-state index is 12.0. The molecule has 0 fully saturated rings. The summed E-state index contributed by atoms with van der Waals surface area (Å²) in [4.78, 5) is 12.0. The van der Waals surface area contributed by atoms with E-state index < -0.39 is 5.91 Å². The van der Waals surface area contributed by atoms with Crippen LogP contribution < -0.4 is 11.1 Å². The first-order valence-corrected chi connectivity index (χ1v) is 6.94. The van der Waals surface area contributed by atoms with Crippen molar-refractivity contribution in [3.63, 3.8) is 0 Å². The van der Waals surface area contributed by atoms with Gasteiger partial charge in [0.25, 0.3) is 5.91 Å². The zero-order chi connectivity index (χ0) is 14.7. The number of oxime groups is 1. The molecule has 4 N–H and O–H groups in total. The minimum absolute atomic E-state index is 0.109. The highest BCUT2D eigenvalue weighted by molar-refractivity contribution is 9.10. The van der Waals surface area contributed by atoms with Crippen LogP contribution in [0.2, 0.25) is 0 Å². The zero-order valence-corrected chi connectivity index (χ0v) is 13.1. The molecule has 1 aromatic carbocycles. The van der Waals surface area contributed by atoms with Crippen LogP contribution in [0.4, 0.5) is 5.69 Å².